The van der Waals surface area contributed by atoms with Crippen molar-refractivity contribution in [1.29, 1.82) is 0 Å². The minimum atomic E-state index is 0.374. The van der Waals surface area contributed by atoms with Crippen molar-refractivity contribution in [1.82, 2.24) is 4.90 Å². The highest BCUT2D eigenvalue weighted by molar-refractivity contribution is 5.48. The predicted octanol–water partition coefficient (Wildman–Crippen LogP) is 2.93. The van der Waals surface area contributed by atoms with Gasteiger partial charge in [-0.05, 0) is 18.5 Å². The maximum atomic E-state index is 5.62. The summed E-state index contributed by atoms with van der Waals surface area (Å²) in [6.07, 6.45) is 7.36. The largest absolute Gasteiger partial charge is 0.329 e. The minimum absolute atomic E-state index is 0.374. The van der Waals surface area contributed by atoms with Crippen LogP contribution in [0.3, 0.4) is 0 Å². The maximum absolute atomic E-state index is 5.62. The average Bonchev–Trinajstić information content (AvgIpc) is 2.43. The second-order valence-corrected chi connectivity index (χ2v) is 4.27. The van der Waals surface area contributed by atoms with Crippen molar-refractivity contribution in [2.45, 2.75) is 19.4 Å². The van der Waals surface area contributed by atoms with E-state index in [4.69, 9.17) is 5.73 Å². The van der Waals surface area contributed by atoms with Gasteiger partial charge in [0.25, 0.3) is 0 Å². The van der Waals surface area contributed by atoms with E-state index in [-0.39, 0.29) is 0 Å². The van der Waals surface area contributed by atoms with Crippen LogP contribution in [0.15, 0.2) is 49.1 Å². The molecule has 1 atom stereocenters. The fourth-order valence-electron chi connectivity index (χ4n) is 2.03. The molecule has 2 nitrogen and oxygen atoms in total. The molecule has 0 aliphatic heterocycles. The van der Waals surface area contributed by atoms with E-state index in [1.165, 1.54) is 5.56 Å². The van der Waals surface area contributed by atoms with Crippen molar-refractivity contribution in [3.63, 3.8) is 0 Å². The summed E-state index contributed by atoms with van der Waals surface area (Å²) in [7, 11) is 0. The monoisotopic (exact) mass is 244 g/mol. The summed E-state index contributed by atoms with van der Waals surface area (Å²) in [6, 6.07) is 10.7. The second-order valence-electron chi connectivity index (χ2n) is 4.27. The number of benzene rings is 1. The van der Waals surface area contributed by atoms with E-state index in [0.717, 1.165) is 19.5 Å². The predicted molar refractivity (Wildman–Crippen MR) is 80.4 cm³/mol. The Balaban J connectivity index is 2.53. The molecule has 2 heteroatoms. The van der Waals surface area contributed by atoms with Gasteiger partial charge in [-0.25, -0.2) is 0 Å². The third-order valence-electron chi connectivity index (χ3n) is 3.05. The summed E-state index contributed by atoms with van der Waals surface area (Å²) >= 11 is 0. The van der Waals surface area contributed by atoms with Gasteiger partial charge in [0, 0.05) is 19.1 Å². The van der Waals surface area contributed by atoms with E-state index in [2.05, 4.69) is 54.8 Å². The Morgan fingerprint density at radius 2 is 2.06 bits per heavy atom. The van der Waals surface area contributed by atoms with Crippen LogP contribution in [0.25, 0.3) is 6.08 Å². The van der Waals surface area contributed by atoms with Crippen LogP contribution in [-0.2, 0) is 0 Å². The van der Waals surface area contributed by atoms with Gasteiger partial charge in [-0.2, -0.15) is 0 Å². The lowest BCUT2D eigenvalue weighted by atomic mass is 10.1. The number of likely N-dealkylation sites (N-methyl/N-ethyl adjacent to an activating group) is 1. The van der Waals surface area contributed by atoms with Gasteiger partial charge < -0.3 is 5.73 Å². The van der Waals surface area contributed by atoms with Gasteiger partial charge in [0.2, 0.25) is 0 Å². The van der Waals surface area contributed by atoms with Crippen LogP contribution in [0, 0.1) is 0 Å². The van der Waals surface area contributed by atoms with E-state index in [9.17, 15) is 0 Å². The molecule has 0 fully saturated rings. The fourth-order valence-corrected chi connectivity index (χ4v) is 2.03. The van der Waals surface area contributed by atoms with E-state index in [1.54, 1.807) is 0 Å². The summed E-state index contributed by atoms with van der Waals surface area (Å²) in [5.74, 6) is 0. The summed E-state index contributed by atoms with van der Waals surface area (Å²) in [6.45, 7) is 8.71. The van der Waals surface area contributed by atoms with Gasteiger partial charge in [-0.1, -0.05) is 55.5 Å². The summed E-state index contributed by atoms with van der Waals surface area (Å²) in [4.78, 5) is 2.35. The molecule has 1 rings (SSSR count). The Bertz CT molecular complexity index is 357. The molecular formula is C16H24N2. The summed E-state index contributed by atoms with van der Waals surface area (Å²) < 4.78 is 0. The quantitative estimate of drug-likeness (QED) is 0.712. The van der Waals surface area contributed by atoms with Gasteiger partial charge in [0.15, 0.2) is 0 Å². The minimum Gasteiger partial charge on any atom is -0.329 e. The molecule has 0 saturated carbocycles. The maximum Gasteiger partial charge on any atom is 0.0310 e. The first-order chi connectivity index (χ1) is 8.81. The molecule has 1 aromatic rings. The average molecular weight is 244 g/mol. The van der Waals surface area contributed by atoms with E-state index >= 15 is 0 Å². The highest BCUT2D eigenvalue weighted by Crippen LogP contribution is 2.08. The van der Waals surface area contributed by atoms with Gasteiger partial charge in [-0.15, -0.1) is 6.58 Å². The van der Waals surface area contributed by atoms with E-state index in [0.29, 0.717) is 12.6 Å². The number of nitrogens with two attached hydrogens (primary N) is 1. The first-order valence-corrected chi connectivity index (χ1v) is 6.60. The smallest absolute Gasteiger partial charge is 0.0310 e. The van der Waals surface area contributed by atoms with Gasteiger partial charge in [0.1, 0.15) is 0 Å². The zero-order valence-corrected chi connectivity index (χ0v) is 11.3. The molecule has 0 amide bonds. The normalized spacial score (nSPS) is 13.1. The molecule has 1 aromatic carbocycles. The molecule has 0 aliphatic carbocycles. The zero-order chi connectivity index (χ0) is 13.2. The SMILES string of the molecule is C=CC(C/C=C/c1ccccc1)N(CC)CCN. The second kappa shape index (κ2) is 8.67. The molecule has 18 heavy (non-hydrogen) atoms. The third-order valence-corrected chi connectivity index (χ3v) is 3.05. The van der Waals surface area contributed by atoms with Crippen LogP contribution in [0.2, 0.25) is 0 Å². The van der Waals surface area contributed by atoms with Crippen molar-refractivity contribution < 1.29 is 0 Å². The Labute approximate surface area is 111 Å². The van der Waals surface area contributed by atoms with Crippen LogP contribution in [0.5, 0.6) is 0 Å². The lowest BCUT2D eigenvalue weighted by Gasteiger charge is -2.26. The van der Waals surface area contributed by atoms with Crippen LogP contribution >= 0.6 is 0 Å². The van der Waals surface area contributed by atoms with Crippen molar-refractivity contribution in [3.8, 4) is 0 Å². The van der Waals surface area contributed by atoms with E-state index < -0.39 is 0 Å². The Morgan fingerprint density at radius 3 is 2.61 bits per heavy atom. The molecule has 0 bridgehead atoms. The van der Waals surface area contributed by atoms with Gasteiger partial charge >= 0.3 is 0 Å². The molecule has 0 spiro atoms. The number of nitrogens with zero attached hydrogens (tertiary/aromatic N) is 1. The summed E-state index contributed by atoms with van der Waals surface area (Å²) in [5, 5.41) is 0. The van der Waals surface area contributed by atoms with Crippen molar-refractivity contribution in [2.24, 2.45) is 5.73 Å². The fraction of sp³-hybridized carbons (Fsp3) is 0.375. The molecular weight excluding hydrogens is 220 g/mol. The molecule has 0 aliphatic rings. The molecule has 1 unspecified atom stereocenters. The highest BCUT2D eigenvalue weighted by atomic mass is 15.1. The number of hydrogen-bond acceptors (Lipinski definition) is 2. The summed E-state index contributed by atoms with van der Waals surface area (Å²) in [5.41, 5.74) is 6.86. The molecule has 0 heterocycles. The molecule has 0 saturated heterocycles. The lowest BCUT2D eigenvalue weighted by molar-refractivity contribution is 0.249. The van der Waals surface area contributed by atoms with E-state index in [1.807, 2.05) is 12.1 Å². The third kappa shape index (κ3) is 4.86. The first kappa shape index (κ1) is 14.7. The van der Waals surface area contributed by atoms with Crippen LogP contribution < -0.4 is 5.73 Å². The number of rotatable bonds is 8. The Morgan fingerprint density at radius 1 is 1.33 bits per heavy atom. The van der Waals surface area contributed by atoms with Crippen molar-refractivity contribution in [3.05, 3.63) is 54.6 Å². The van der Waals surface area contributed by atoms with Crippen LogP contribution in [-0.4, -0.2) is 30.6 Å². The molecule has 2 N–H and O–H groups in total. The van der Waals surface area contributed by atoms with Gasteiger partial charge in [0.05, 0.1) is 0 Å². The van der Waals surface area contributed by atoms with Crippen molar-refractivity contribution >= 4 is 6.08 Å². The Hall–Kier alpha value is -1.38. The van der Waals surface area contributed by atoms with Crippen molar-refractivity contribution in [2.75, 3.05) is 19.6 Å². The first-order valence-electron chi connectivity index (χ1n) is 6.60. The standard InChI is InChI=1S/C16H24N2/c1-3-16(18(4-2)14-13-17)12-8-11-15-9-6-5-7-10-15/h3,5-11,16H,1,4,12-14,17H2,2H3/b11-8+. The number of hydrogen-bond donors (Lipinski definition) is 1. The van der Waals surface area contributed by atoms with Gasteiger partial charge in [-0.3, -0.25) is 4.90 Å². The van der Waals surface area contributed by atoms with Crippen LogP contribution in [0.4, 0.5) is 0 Å². The molecule has 0 radical (unpaired) electrons. The Kier molecular flexibility index (Phi) is 7.07. The lowest BCUT2D eigenvalue weighted by Crippen LogP contribution is -2.37. The molecule has 98 valence electrons. The highest BCUT2D eigenvalue weighted by Gasteiger charge is 2.10. The van der Waals surface area contributed by atoms with Crippen LogP contribution in [0.1, 0.15) is 18.9 Å². The topological polar surface area (TPSA) is 29.3 Å². The zero-order valence-electron chi connectivity index (χ0n) is 11.3. The molecule has 0 aromatic heterocycles.